The van der Waals surface area contributed by atoms with Gasteiger partial charge in [-0.05, 0) is 30.9 Å². The average Bonchev–Trinajstić information content (AvgIpc) is 2.27. The van der Waals surface area contributed by atoms with Gasteiger partial charge in [-0.15, -0.1) is 11.6 Å². The average molecular weight is 290 g/mol. The van der Waals surface area contributed by atoms with Crippen LogP contribution in [0.15, 0.2) is 29.2 Å². The number of halogens is 1. The molecule has 3 nitrogen and oxygen atoms in total. The Morgan fingerprint density at radius 2 is 1.78 bits per heavy atom. The second kappa shape index (κ2) is 6.04. The molecule has 1 rings (SSSR count). The number of sulfonamides is 1. The summed E-state index contributed by atoms with van der Waals surface area (Å²) in [5.41, 5.74) is 0.899. The van der Waals surface area contributed by atoms with Gasteiger partial charge in [0.2, 0.25) is 10.0 Å². The Morgan fingerprint density at radius 3 is 2.28 bits per heavy atom. The van der Waals surface area contributed by atoms with Crippen molar-refractivity contribution in [3.63, 3.8) is 0 Å². The number of nitrogens with one attached hydrogen (secondary N) is 1. The summed E-state index contributed by atoms with van der Waals surface area (Å²) in [5.74, 6) is 0.527. The third kappa shape index (κ3) is 4.59. The zero-order valence-electron chi connectivity index (χ0n) is 11.0. The van der Waals surface area contributed by atoms with E-state index in [2.05, 4.69) is 4.72 Å². The number of hydrogen-bond donors (Lipinski definition) is 1. The summed E-state index contributed by atoms with van der Waals surface area (Å²) >= 11 is 5.69. The summed E-state index contributed by atoms with van der Waals surface area (Å²) in [7, 11) is -3.42. The van der Waals surface area contributed by atoms with Crippen molar-refractivity contribution in [1.29, 1.82) is 0 Å². The molecule has 0 aliphatic carbocycles. The van der Waals surface area contributed by atoms with Crippen LogP contribution in [0.4, 0.5) is 0 Å². The first-order valence-electron chi connectivity index (χ1n) is 5.89. The van der Waals surface area contributed by atoms with E-state index in [1.807, 2.05) is 20.8 Å². The van der Waals surface area contributed by atoms with Crippen LogP contribution in [0.25, 0.3) is 0 Å². The summed E-state index contributed by atoms with van der Waals surface area (Å²) in [6.07, 6.45) is 0.769. The molecule has 1 aromatic carbocycles. The SMILES string of the molecule is Cc1ccc(S(=O)(=O)NCC(C)(C)CCCl)cc1. The quantitative estimate of drug-likeness (QED) is 0.819. The van der Waals surface area contributed by atoms with Crippen LogP contribution in [0.3, 0.4) is 0 Å². The van der Waals surface area contributed by atoms with Gasteiger partial charge in [-0.3, -0.25) is 0 Å². The molecule has 0 atom stereocenters. The fourth-order valence-electron chi connectivity index (χ4n) is 1.44. The summed E-state index contributed by atoms with van der Waals surface area (Å²) in [6, 6.07) is 6.81. The Hall–Kier alpha value is -0.580. The fraction of sp³-hybridized carbons (Fsp3) is 0.538. The Balaban J connectivity index is 2.74. The van der Waals surface area contributed by atoms with Crippen molar-refractivity contribution < 1.29 is 8.42 Å². The van der Waals surface area contributed by atoms with Crippen molar-refractivity contribution in [2.24, 2.45) is 5.41 Å². The van der Waals surface area contributed by atoms with Gasteiger partial charge in [0.1, 0.15) is 0 Å². The first-order valence-corrected chi connectivity index (χ1v) is 7.91. The van der Waals surface area contributed by atoms with Crippen LogP contribution in [0.2, 0.25) is 0 Å². The molecular formula is C13H20ClNO2S. The van der Waals surface area contributed by atoms with Crippen molar-refractivity contribution in [2.45, 2.75) is 32.1 Å². The van der Waals surface area contributed by atoms with E-state index in [4.69, 9.17) is 11.6 Å². The van der Waals surface area contributed by atoms with Gasteiger partial charge >= 0.3 is 0 Å². The summed E-state index contributed by atoms with van der Waals surface area (Å²) < 4.78 is 26.7. The number of rotatable bonds is 6. The minimum atomic E-state index is -3.42. The molecule has 0 saturated heterocycles. The third-order valence-electron chi connectivity index (χ3n) is 2.84. The Labute approximate surface area is 115 Å². The Morgan fingerprint density at radius 1 is 1.22 bits per heavy atom. The molecule has 0 amide bonds. The monoisotopic (exact) mass is 289 g/mol. The molecule has 0 unspecified atom stereocenters. The van der Waals surface area contributed by atoms with Crippen LogP contribution in [0, 0.1) is 12.3 Å². The molecule has 1 N–H and O–H groups in total. The van der Waals surface area contributed by atoms with Crippen LogP contribution < -0.4 is 4.72 Å². The molecule has 0 aromatic heterocycles. The molecule has 0 radical (unpaired) electrons. The minimum Gasteiger partial charge on any atom is -0.211 e. The molecule has 0 bridgehead atoms. The van der Waals surface area contributed by atoms with Gasteiger partial charge in [0.25, 0.3) is 0 Å². The maximum absolute atomic E-state index is 12.1. The fourth-order valence-corrected chi connectivity index (χ4v) is 3.19. The smallest absolute Gasteiger partial charge is 0.211 e. The van der Waals surface area contributed by atoms with E-state index in [-0.39, 0.29) is 5.41 Å². The predicted octanol–water partition coefficient (Wildman–Crippen LogP) is 2.93. The highest BCUT2D eigenvalue weighted by Crippen LogP contribution is 2.20. The minimum absolute atomic E-state index is 0.139. The summed E-state index contributed by atoms with van der Waals surface area (Å²) in [6.45, 7) is 6.30. The molecule has 0 aliphatic heterocycles. The van der Waals surface area contributed by atoms with E-state index in [0.717, 1.165) is 12.0 Å². The number of benzene rings is 1. The standard InChI is InChI=1S/C13H20ClNO2S/c1-11-4-6-12(7-5-11)18(16,17)15-10-13(2,3)8-9-14/h4-7,15H,8-10H2,1-3H3. The van der Waals surface area contributed by atoms with Gasteiger partial charge in [0.05, 0.1) is 4.90 Å². The zero-order valence-corrected chi connectivity index (χ0v) is 12.6. The van der Waals surface area contributed by atoms with Crippen LogP contribution in [-0.4, -0.2) is 20.8 Å². The molecule has 0 spiro atoms. The lowest BCUT2D eigenvalue weighted by Gasteiger charge is -2.23. The summed E-state index contributed by atoms with van der Waals surface area (Å²) in [4.78, 5) is 0.301. The molecule has 102 valence electrons. The maximum Gasteiger partial charge on any atom is 0.240 e. The first-order chi connectivity index (χ1) is 8.27. The molecule has 0 aliphatic rings. The van der Waals surface area contributed by atoms with Gasteiger partial charge in [-0.2, -0.15) is 0 Å². The Kier molecular flexibility index (Phi) is 5.20. The van der Waals surface area contributed by atoms with E-state index in [1.54, 1.807) is 24.3 Å². The zero-order chi connectivity index (χ0) is 13.8. The molecule has 0 heterocycles. The molecule has 0 fully saturated rings. The topological polar surface area (TPSA) is 46.2 Å². The van der Waals surface area contributed by atoms with Crippen LogP contribution >= 0.6 is 11.6 Å². The van der Waals surface area contributed by atoms with E-state index >= 15 is 0 Å². The highest BCUT2D eigenvalue weighted by molar-refractivity contribution is 7.89. The molecular weight excluding hydrogens is 270 g/mol. The van der Waals surface area contributed by atoms with E-state index in [1.165, 1.54) is 0 Å². The molecule has 1 aromatic rings. The normalized spacial score (nSPS) is 12.7. The maximum atomic E-state index is 12.1. The van der Waals surface area contributed by atoms with E-state index < -0.39 is 10.0 Å². The van der Waals surface area contributed by atoms with Crippen LogP contribution in [-0.2, 0) is 10.0 Å². The summed E-state index contributed by atoms with van der Waals surface area (Å²) in [5, 5.41) is 0. The second-order valence-corrected chi connectivity index (χ2v) is 7.39. The van der Waals surface area contributed by atoms with Crippen molar-refractivity contribution in [3.8, 4) is 0 Å². The van der Waals surface area contributed by atoms with Crippen molar-refractivity contribution in [3.05, 3.63) is 29.8 Å². The second-order valence-electron chi connectivity index (χ2n) is 5.24. The lowest BCUT2D eigenvalue weighted by molar-refractivity contribution is 0.352. The lowest BCUT2D eigenvalue weighted by Crippen LogP contribution is -2.34. The van der Waals surface area contributed by atoms with Gasteiger partial charge < -0.3 is 0 Å². The number of alkyl halides is 1. The number of aryl methyl sites for hydroxylation is 1. The van der Waals surface area contributed by atoms with Crippen LogP contribution in [0.5, 0.6) is 0 Å². The van der Waals surface area contributed by atoms with Crippen molar-refractivity contribution >= 4 is 21.6 Å². The van der Waals surface area contributed by atoms with E-state index in [0.29, 0.717) is 17.3 Å². The van der Waals surface area contributed by atoms with Crippen molar-refractivity contribution in [2.75, 3.05) is 12.4 Å². The van der Waals surface area contributed by atoms with Crippen LogP contribution in [0.1, 0.15) is 25.8 Å². The van der Waals surface area contributed by atoms with Gasteiger partial charge in [-0.1, -0.05) is 31.5 Å². The number of hydrogen-bond acceptors (Lipinski definition) is 2. The highest BCUT2D eigenvalue weighted by Gasteiger charge is 2.21. The lowest BCUT2D eigenvalue weighted by atomic mass is 9.91. The molecule has 0 saturated carbocycles. The largest absolute Gasteiger partial charge is 0.240 e. The highest BCUT2D eigenvalue weighted by atomic mass is 35.5. The first kappa shape index (κ1) is 15.5. The van der Waals surface area contributed by atoms with Gasteiger partial charge in [0, 0.05) is 12.4 Å². The predicted molar refractivity (Wildman–Crippen MR) is 75.5 cm³/mol. The van der Waals surface area contributed by atoms with Crippen molar-refractivity contribution in [1.82, 2.24) is 4.72 Å². The molecule has 18 heavy (non-hydrogen) atoms. The van der Waals surface area contributed by atoms with Gasteiger partial charge in [-0.25, -0.2) is 13.1 Å². The Bertz CT molecular complexity index is 480. The third-order valence-corrected chi connectivity index (χ3v) is 4.45. The van der Waals surface area contributed by atoms with Gasteiger partial charge in [0.15, 0.2) is 0 Å². The molecule has 5 heteroatoms. The van der Waals surface area contributed by atoms with E-state index in [9.17, 15) is 8.42 Å².